The number of carbonyl (C=O) groups is 2. The number of aliphatic hydroxyl groups excluding tert-OH is 1. The predicted octanol–water partition coefficient (Wildman–Crippen LogP) is 4.47. The zero-order valence-corrected chi connectivity index (χ0v) is 17.8. The normalized spacial score (nSPS) is 17.6. The number of amides is 1. The van der Waals surface area contributed by atoms with Gasteiger partial charge in [-0.3, -0.25) is 19.5 Å². The standard InChI is InChI=1S/C24H19ClN2O5/c1-2-32-17-7-3-5-14(11-17)22(29)20-21(15-6-4-10-26-13-15)27(24(31)23(20)30)18-12-16(25)8-9-19(18)28/h3-13,21,28-29H,2H2,1H3/b22-20+. The molecular weight excluding hydrogens is 432 g/mol. The summed E-state index contributed by atoms with van der Waals surface area (Å²) in [6.07, 6.45) is 3.05. The van der Waals surface area contributed by atoms with Gasteiger partial charge in [0.15, 0.2) is 0 Å². The number of phenolic OH excluding ortho intramolecular Hbond substituents is 1. The van der Waals surface area contributed by atoms with Crippen LogP contribution in [-0.2, 0) is 9.59 Å². The molecule has 2 heterocycles. The molecule has 1 aliphatic heterocycles. The molecule has 1 amide bonds. The minimum atomic E-state index is -1.02. The van der Waals surface area contributed by atoms with Gasteiger partial charge in [-0.1, -0.05) is 29.8 Å². The number of anilines is 1. The second kappa shape index (κ2) is 8.72. The smallest absolute Gasteiger partial charge is 0.300 e. The van der Waals surface area contributed by atoms with Crippen molar-refractivity contribution in [2.24, 2.45) is 0 Å². The fraction of sp³-hybridized carbons (Fsp3) is 0.125. The molecule has 1 unspecified atom stereocenters. The number of pyridine rings is 1. The molecule has 1 fully saturated rings. The van der Waals surface area contributed by atoms with E-state index in [2.05, 4.69) is 4.98 Å². The molecule has 32 heavy (non-hydrogen) atoms. The van der Waals surface area contributed by atoms with Gasteiger partial charge in [0.2, 0.25) is 0 Å². The molecule has 0 radical (unpaired) electrons. The van der Waals surface area contributed by atoms with Crippen molar-refractivity contribution < 1.29 is 24.5 Å². The van der Waals surface area contributed by atoms with Gasteiger partial charge in [-0.2, -0.15) is 0 Å². The number of benzene rings is 2. The van der Waals surface area contributed by atoms with E-state index in [1.807, 2.05) is 6.92 Å². The number of carbonyl (C=O) groups excluding carboxylic acids is 2. The molecule has 2 N–H and O–H groups in total. The van der Waals surface area contributed by atoms with E-state index < -0.39 is 17.7 Å². The van der Waals surface area contributed by atoms with Crippen LogP contribution in [0.15, 0.2) is 72.6 Å². The number of nitrogens with zero attached hydrogens (tertiary/aromatic N) is 2. The Morgan fingerprint density at radius 1 is 1.16 bits per heavy atom. The summed E-state index contributed by atoms with van der Waals surface area (Å²) in [5.41, 5.74) is 0.721. The van der Waals surface area contributed by atoms with Crippen LogP contribution < -0.4 is 9.64 Å². The van der Waals surface area contributed by atoms with Crippen molar-refractivity contribution in [1.82, 2.24) is 4.98 Å². The van der Waals surface area contributed by atoms with Crippen LogP contribution in [0, 0.1) is 0 Å². The Morgan fingerprint density at radius 2 is 1.97 bits per heavy atom. The van der Waals surface area contributed by atoms with Crippen molar-refractivity contribution in [3.05, 3.63) is 88.7 Å². The number of ether oxygens (including phenoxy) is 1. The maximum Gasteiger partial charge on any atom is 0.300 e. The fourth-order valence-corrected chi connectivity index (χ4v) is 3.85. The van der Waals surface area contributed by atoms with Crippen LogP contribution in [-0.4, -0.2) is 33.5 Å². The third-order valence-corrected chi connectivity index (χ3v) is 5.30. The Kier molecular flexibility index (Phi) is 5.83. The summed E-state index contributed by atoms with van der Waals surface area (Å²) in [4.78, 5) is 31.4. The van der Waals surface area contributed by atoms with Crippen LogP contribution in [0.4, 0.5) is 5.69 Å². The van der Waals surface area contributed by atoms with Gasteiger partial charge in [0, 0.05) is 23.0 Å². The van der Waals surface area contributed by atoms with Crippen LogP contribution in [0.1, 0.15) is 24.1 Å². The van der Waals surface area contributed by atoms with E-state index in [-0.39, 0.29) is 27.8 Å². The highest BCUT2D eigenvalue weighted by Crippen LogP contribution is 2.45. The van der Waals surface area contributed by atoms with Crippen molar-refractivity contribution >= 4 is 34.7 Å². The van der Waals surface area contributed by atoms with Crippen molar-refractivity contribution in [3.63, 3.8) is 0 Å². The van der Waals surface area contributed by atoms with E-state index in [4.69, 9.17) is 16.3 Å². The highest BCUT2D eigenvalue weighted by Gasteiger charge is 2.47. The number of aliphatic hydroxyl groups is 1. The number of Topliss-reactive ketones (excluding diaryl/α,β-unsaturated/α-hetero) is 1. The molecule has 1 saturated heterocycles. The maximum absolute atomic E-state index is 13.1. The molecule has 4 rings (SSSR count). The molecule has 1 aliphatic rings. The molecule has 0 aliphatic carbocycles. The highest BCUT2D eigenvalue weighted by molar-refractivity contribution is 6.52. The SMILES string of the molecule is CCOc1cccc(/C(O)=C2\C(=O)C(=O)N(c3cc(Cl)ccc3O)C2c2cccnc2)c1. The summed E-state index contributed by atoms with van der Waals surface area (Å²) in [7, 11) is 0. The number of aromatic nitrogens is 1. The lowest BCUT2D eigenvalue weighted by molar-refractivity contribution is -0.132. The van der Waals surface area contributed by atoms with E-state index in [1.165, 1.54) is 24.4 Å². The van der Waals surface area contributed by atoms with Crippen molar-refractivity contribution in [2.75, 3.05) is 11.5 Å². The Labute approximate surface area is 189 Å². The number of rotatable bonds is 5. The van der Waals surface area contributed by atoms with Gasteiger partial charge in [-0.15, -0.1) is 0 Å². The first kappa shape index (κ1) is 21.4. The van der Waals surface area contributed by atoms with Gasteiger partial charge < -0.3 is 14.9 Å². The number of hydrogen-bond donors (Lipinski definition) is 2. The minimum Gasteiger partial charge on any atom is -0.507 e. The quantitative estimate of drug-likeness (QED) is 0.338. The van der Waals surface area contributed by atoms with E-state index in [1.54, 1.807) is 42.6 Å². The lowest BCUT2D eigenvalue weighted by Crippen LogP contribution is -2.29. The second-order valence-electron chi connectivity index (χ2n) is 7.05. The van der Waals surface area contributed by atoms with E-state index in [9.17, 15) is 19.8 Å². The van der Waals surface area contributed by atoms with Crippen molar-refractivity contribution in [2.45, 2.75) is 13.0 Å². The molecular formula is C24H19ClN2O5. The zero-order chi connectivity index (χ0) is 22.8. The van der Waals surface area contributed by atoms with Gasteiger partial charge in [-0.05, 0) is 48.9 Å². The Morgan fingerprint density at radius 3 is 2.69 bits per heavy atom. The first-order valence-electron chi connectivity index (χ1n) is 9.85. The summed E-state index contributed by atoms with van der Waals surface area (Å²) >= 11 is 6.09. The van der Waals surface area contributed by atoms with E-state index in [0.717, 1.165) is 4.90 Å². The van der Waals surface area contributed by atoms with Crippen molar-refractivity contribution in [1.29, 1.82) is 0 Å². The van der Waals surface area contributed by atoms with Crippen LogP contribution in [0.2, 0.25) is 5.02 Å². The first-order valence-corrected chi connectivity index (χ1v) is 10.2. The molecule has 0 bridgehead atoms. The molecule has 3 aromatic rings. The van der Waals surface area contributed by atoms with E-state index in [0.29, 0.717) is 23.5 Å². The summed E-state index contributed by atoms with van der Waals surface area (Å²) in [5, 5.41) is 21.8. The molecule has 162 valence electrons. The Hall–Kier alpha value is -3.84. The molecule has 0 spiro atoms. The number of hydrogen-bond acceptors (Lipinski definition) is 6. The Bertz CT molecular complexity index is 1230. The van der Waals surface area contributed by atoms with Crippen LogP contribution >= 0.6 is 11.6 Å². The molecule has 0 saturated carbocycles. The lowest BCUT2D eigenvalue weighted by Gasteiger charge is -2.25. The van der Waals surface area contributed by atoms with E-state index >= 15 is 0 Å². The predicted molar refractivity (Wildman–Crippen MR) is 120 cm³/mol. The van der Waals surface area contributed by atoms with Crippen LogP contribution in [0.3, 0.4) is 0 Å². The molecule has 2 aromatic carbocycles. The van der Waals surface area contributed by atoms with Gasteiger partial charge >= 0.3 is 0 Å². The maximum atomic E-state index is 13.1. The topological polar surface area (TPSA) is 100.0 Å². The van der Waals surface area contributed by atoms with Gasteiger partial charge in [-0.25, -0.2) is 0 Å². The summed E-state index contributed by atoms with van der Waals surface area (Å²) in [6, 6.07) is 13.1. The van der Waals surface area contributed by atoms with Crippen molar-refractivity contribution in [3.8, 4) is 11.5 Å². The third-order valence-electron chi connectivity index (χ3n) is 5.06. The largest absolute Gasteiger partial charge is 0.507 e. The number of ketones is 1. The highest BCUT2D eigenvalue weighted by atomic mass is 35.5. The molecule has 1 atom stereocenters. The van der Waals surface area contributed by atoms with Gasteiger partial charge in [0.1, 0.15) is 17.3 Å². The average molecular weight is 451 g/mol. The monoisotopic (exact) mass is 450 g/mol. The molecule has 8 heteroatoms. The second-order valence-corrected chi connectivity index (χ2v) is 7.49. The zero-order valence-electron chi connectivity index (χ0n) is 17.0. The fourth-order valence-electron chi connectivity index (χ4n) is 3.68. The lowest BCUT2D eigenvalue weighted by atomic mass is 9.96. The minimum absolute atomic E-state index is 0.0515. The Balaban J connectivity index is 1.94. The average Bonchev–Trinajstić information content (AvgIpc) is 3.06. The number of aromatic hydroxyl groups is 1. The third kappa shape index (κ3) is 3.78. The molecule has 1 aromatic heterocycles. The summed E-state index contributed by atoms with van der Waals surface area (Å²) in [6.45, 7) is 2.26. The number of halogens is 1. The van der Waals surface area contributed by atoms with Gasteiger partial charge in [0.25, 0.3) is 11.7 Å². The summed E-state index contributed by atoms with van der Waals surface area (Å²) < 4.78 is 5.48. The van der Waals surface area contributed by atoms with Gasteiger partial charge in [0.05, 0.1) is 23.9 Å². The summed E-state index contributed by atoms with van der Waals surface area (Å²) in [5.74, 6) is -1.88. The first-order chi connectivity index (χ1) is 15.4. The van der Waals surface area contributed by atoms with Crippen LogP contribution in [0.25, 0.3) is 5.76 Å². The number of phenols is 1. The molecule has 7 nitrogen and oxygen atoms in total. The van der Waals surface area contributed by atoms with Crippen LogP contribution in [0.5, 0.6) is 11.5 Å².